The molecule has 0 aliphatic rings. The number of nitrogens with zero attached hydrogens (tertiary/aromatic N) is 2. The molecule has 2 aromatic carbocycles. The minimum Gasteiger partial charge on any atom is -0.346 e. The third-order valence-electron chi connectivity index (χ3n) is 3.16. The van der Waals surface area contributed by atoms with Gasteiger partial charge in [-0.05, 0) is 12.1 Å². The number of rotatable bonds is 3. The molecule has 0 fully saturated rings. The summed E-state index contributed by atoms with van der Waals surface area (Å²) < 4.78 is 13.5. The number of carbonyl (C=O) groups is 1. The Balaban J connectivity index is 1.83. The topological polar surface area (TPSA) is 54.9 Å². The van der Waals surface area contributed by atoms with Crippen molar-refractivity contribution in [2.75, 3.05) is 0 Å². The zero-order valence-corrected chi connectivity index (χ0v) is 11.1. The summed E-state index contributed by atoms with van der Waals surface area (Å²) in [6.45, 7) is 0.115. The molecule has 0 atom stereocenters. The van der Waals surface area contributed by atoms with E-state index in [2.05, 4.69) is 15.3 Å². The Hall–Kier alpha value is -2.82. The van der Waals surface area contributed by atoms with E-state index in [1.54, 1.807) is 24.3 Å². The molecule has 0 saturated heterocycles. The molecule has 5 heteroatoms. The highest BCUT2D eigenvalue weighted by Crippen LogP contribution is 2.14. The lowest BCUT2D eigenvalue weighted by molar-refractivity contribution is 0.0947. The van der Waals surface area contributed by atoms with Gasteiger partial charge < -0.3 is 5.32 Å². The maximum atomic E-state index is 13.5. The molecule has 21 heavy (non-hydrogen) atoms. The Bertz CT molecular complexity index is 799. The lowest BCUT2D eigenvalue weighted by atomic mass is 10.1. The van der Waals surface area contributed by atoms with Crippen molar-refractivity contribution in [3.05, 3.63) is 71.9 Å². The fourth-order valence-corrected chi connectivity index (χ4v) is 2.09. The first-order valence-corrected chi connectivity index (χ1v) is 6.47. The van der Waals surface area contributed by atoms with Gasteiger partial charge in [0.25, 0.3) is 5.91 Å². The number of carbonyl (C=O) groups excluding carboxylic acids is 1. The van der Waals surface area contributed by atoms with Crippen molar-refractivity contribution in [1.29, 1.82) is 0 Å². The molecule has 1 aromatic heterocycles. The number of hydrogen-bond donors (Lipinski definition) is 1. The van der Waals surface area contributed by atoms with Crippen LogP contribution in [0.5, 0.6) is 0 Å². The summed E-state index contributed by atoms with van der Waals surface area (Å²) in [6, 6.07) is 13.6. The number of benzene rings is 2. The van der Waals surface area contributed by atoms with E-state index in [9.17, 15) is 9.18 Å². The zero-order chi connectivity index (χ0) is 14.7. The highest BCUT2D eigenvalue weighted by molar-refractivity contribution is 6.04. The second-order valence-corrected chi connectivity index (χ2v) is 4.51. The van der Waals surface area contributed by atoms with Gasteiger partial charge in [0.1, 0.15) is 17.8 Å². The van der Waals surface area contributed by atoms with Gasteiger partial charge in [0.05, 0.1) is 5.52 Å². The highest BCUT2D eigenvalue weighted by Gasteiger charge is 2.12. The molecule has 0 bridgehead atoms. The third-order valence-corrected chi connectivity index (χ3v) is 3.16. The minimum absolute atomic E-state index is 0.115. The van der Waals surface area contributed by atoms with Crippen LogP contribution >= 0.6 is 0 Å². The SMILES string of the molecule is O=C(NCc1ccccc1F)c1ncnc2ccccc12. The Morgan fingerprint density at radius 2 is 1.81 bits per heavy atom. The summed E-state index contributed by atoms with van der Waals surface area (Å²) in [5, 5.41) is 3.35. The van der Waals surface area contributed by atoms with Crippen LogP contribution in [-0.4, -0.2) is 15.9 Å². The van der Waals surface area contributed by atoms with Gasteiger partial charge in [-0.2, -0.15) is 0 Å². The lowest BCUT2D eigenvalue weighted by Crippen LogP contribution is -2.24. The predicted octanol–water partition coefficient (Wildman–Crippen LogP) is 2.70. The average molecular weight is 281 g/mol. The first kappa shape index (κ1) is 13.2. The van der Waals surface area contributed by atoms with Gasteiger partial charge in [0, 0.05) is 17.5 Å². The van der Waals surface area contributed by atoms with E-state index >= 15 is 0 Å². The quantitative estimate of drug-likeness (QED) is 0.803. The van der Waals surface area contributed by atoms with Gasteiger partial charge >= 0.3 is 0 Å². The summed E-state index contributed by atoms with van der Waals surface area (Å²) in [5.41, 5.74) is 1.42. The Labute approximate surface area is 120 Å². The molecule has 3 aromatic rings. The molecule has 0 unspecified atom stereocenters. The normalized spacial score (nSPS) is 10.5. The molecule has 104 valence electrons. The molecule has 4 nitrogen and oxygen atoms in total. The van der Waals surface area contributed by atoms with Crippen LogP contribution in [-0.2, 0) is 6.54 Å². The average Bonchev–Trinajstić information content (AvgIpc) is 2.53. The fourth-order valence-electron chi connectivity index (χ4n) is 2.09. The van der Waals surface area contributed by atoms with Gasteiger partial charge in [-0.3, -0.25) is 4.79 Å². The first-order valence-electron chi connectivity index (χ1n) is 6.47. The van der Waals surface area contributed by atoms with Crippen molar-refractivity contribution in [3.63, 3.8) is 0 Å². The van der Waals surface area contributed by atoms with E-state index in [1.165, 1.54) is 12.4 Å². The molecule has 0 spiro atoms. The minimum atomic E-state index is -0.350. The van der Waals surface area contributed by atoms with Crippen LogP contribution in [0.2, 0.25) is 0 Å². The van der Waals surface area contributed by atoms with Crippen LogP contribution in [0, 0.1) is 5.82 Å². The number of fused-ring (bicyclic) bond motifs is 1. The third kappa shape index (κ3) is 2.72. The molecule has 1 amide bonds. The van der Waals surface area contributed by atoms with E-state index in [0.717, 1.165) is 0 Å². The van der Waals surface area contributed by atoms with Crippen LogP contribution in [0.25, 0.3) is 10.9 Å². The fraction of sp³-hybridized carbons (Fsp3) is 0.0625. The van der Waals surface area contributed by atoms with Crippen molar-refractivity contribution < 1.29 is 9.18 Å². The van der Waals surface area contributed by atoms with E-state index in [-0.39, 0.29) is 24.0 Å². The molecule has 0 aliphatic carbocycles. The van der Waals surface area contributed by atoms with Crippen LogP contribution in [0.15, 0.2) is 54.9 Å². The maximum Gasteiger partial charge on any atom is 0.270 e. The first-order chi connectivity index (χ1) is 10.3. The summed E-state index contributed by atoms with van der Waals surface area (Å²) >= 11 is 0. The molecule has 3 rings (SSSR count). The van der Waals surface area contributed by atoms with E-state index in [4.69, 9.17) is 0 Å². The van der Waals surface area contributed by atoms with E-state index < -0.39 is 0 Å². The van der Waals surface area contributed by atoms with Gasteiger partial charge in [-0.15, -0.1) is 0 Å². The molecular weight excluding hydrogens is 269 g/mol. The number of halogens is 1. The molecule has 0 saturated carbocycles. The molecule has 0 aliphatic heterocycles. The number of hydrogen-bond acceptors (Lipinski definition) is 3. The summed E-state index contributed by atoms with van der Waals surface area (Å²) in [4.78, 5) is 20.3. The number of para-hydroxylation sites is 1. The number of nitrogens with one attached hydrogen (secondary N) is 1. The summed E-state index contributed by atoms with van der Waals surface area (Å²) in [7, 11) is 0. The predicted molar refractivity (Wildman–Crippen MR) is 77.1 cm³/mol. The van der Waals surface area contributed by atoms with Crippen molar-refractivity contribution in [3.8, 4) is 0 Å². The Morgan fingerprint density at radius 1 is 1.05 bits per heavy atom. The Morgan fingerprint density at radius 3 is 2.67 bits per heavy atom. The van der Waals surface area contributed by atoms with Gasteiger partial charge in [0.15, 0.2) is 0 Å². The van der Waals surface area contributed by atoms with Gasteiger partial charge in [-0.1, -0.05) is 36.4 Å². The smallest absolute Gasteiger partial charge is 0.270 e. The summed E-state index contributed by atoms with van der Waals surface area (Å²) in [6.07, 6.45) is 1.35. The number of aromatic nitrogens is 2. The van der Waals surface area contributed by atoms with Crippen molar-refractivity contribution >= 4 is 16.8 Å². The lowest BCUT2D eigenvalue weighted by Gasteiger charge is -2.07. The van der Waals surface area contributed by atoms with Gasteiger partial charge in [-0.25, -0.2) is 14.4 Å². The molecular formula is C16H12FN3O. The second-order valence-electron chi connectivity index (χ2n) is 4.51. The molecule has 1 N–H and O–H groups in total. The van der Waals surface area contributed by atoms with E-state index in [0.29, 0.717) is 16.5 Å². The maximum absolute atomic E-state index is 13.5. The van der Waals surface area contributed by atoms with Gasteiger partial charge in [0.2, 0.25) is 0 Å². The van der Waals surface area contributed by atoms with Crippen LogP contribution in [0.4, 0.5) is 4.39 Å². The standard InChI is InChI=1S/C16H12FN3O/c17-13-7-3-1-5-11(13)9-18-16(21)15-12-6-2-4-8-14(12)19-10-20-15/h1-8,10H,9H2,(H,18,21). The zero-order valence-electron chi connectivity index (χ0n) is 11.1. The van der Waals surface area contributed by atoms with Crippen LogP contribution in [0.3, 0.4) is 0 Å². The second kappa shape index (κ2) is 5.66. The highest BCUT2D eigenvalue weighted by atomic mass is 19.1. The number of amides is 1. The molecule has 1 heterocycles. The van der Waals surface area contributed by atoms with Crippen molar-refractivity contribution in [2.45, 2.75) is 6.54 Å². The largest absolute Gasteiger partial charge is 0.346 e. The molecule has 0 radical (unpaired) electrons. The van der Waals surface area contributed by atoms with Crippen LogP contribution < -0.4 is 5.32 Å². The summed E-state index contributed by atoms with van der Waals surface area (Å²) in [5.74, 6) is -0.692. The van der Waals surface area contributed by atoms with Crippen LogP contribution in [0.1, 0.15) is 16.1 Å². The van der Waals surface area contributed by atoms with Crippen molar-refractivity contribution in [1.82, 2.24) is 15.3 Å². The Kier molecular flexibility index (Phi) is 3.55. The van der Waals surface area contributed by atoms with E-state index in [1.807, 2.05) is 18.2 Å². The van der Waals surface area contributed by atoms with Crippen molar-refractivity contribution in [2.24, 2.45) is 0 Å². The monoisotopic (exact) mass is 281 g/mol.